The summed E-state index contributed by atoms with van der Waals surface area (Å²) in [6, 6.07) is 15.6. The Hall–Kier alpha value is -2.56. The zero-order valence-corrected chi connectivity index (χ0v) is 13.2. The summed E-state index contributed by atoms with van der Waals surface area (Å²) >= 11 is 0. The quantitative estimate of drug-likeness (QED) is 0.710. The number of hydrogen-bond donors (Lipinski definition) is 1. The second-order valence-electron chi connectivity index (χ2n) is 5.70. The van der Waals surface area contributed by atoms with Gasteiger partial charge in [-0.05, 0) is 37.1 Å². The van der Waals surface area contributed by atoms with Crippen molar-refractivity contribution in [3.05, 3.63) is 71.4 Å². The molecule has 5 heteroatoms. The lowest BCUT2D eigenvalue weighted by Gasteiger charge is -2.13. The highest BCUT2D eigenvalue weighted by molar-refractivity contribution is 5.92. The molecule has 1 N–H and O–H groups in total. The summed E-state index contributed by atoms with van der Waals surface area (Å²) in [4.78, 5) is 4.24. The average Bonchev–Trinajstić information content (AvgIpc) is 2.54. The van der Waals surface area contributed by atoms with E-state index in [0.717, 1.165) is 24.2 Å². The van der Waals surface area contributed by atoms with Gasteiger partial charge in [0, 0.05) is 23.3 Å². The maximum absolute atomic E-state index is 12.9. The van der Waals surface area contributed by atoms with E-state index in [1.54, 1.807) is 6.92 Å². The molecule has 0 bridgehead atoms. The van der Waals surface area contributed by atoms with E-state index in [0.29, 0.717) is 23.1 Å². The fourth-order valence-electron chi connectivity index (χ4n) is 2.67. The number of aromatic nitrogens is 1. The number of benzene rings is 2. The number of rotatable bonds is 4. The first-order chi connectivity index (χ1) is 11.4. The first kappa shape index (κ1) is 16.3. The van der Waals surface area contributed by atoms with Gasteiger partial charge in [0.1, 0.15) is 0 Å². The maximum atomic E-state index is 12.9. The van der Waals surface area contributed by atoms with Gasteiger partial charge in [0.25, 0.3) is 0 Å². The van der Waals surface area contributed by atoms with Crippen molar-refractivity contribution in [1.29, 1.82) is 0 Å². The zero-order valence-electron chi connectivity index (χ0n) is 13.2. The van der Waals surface area contributed by atoms with Gasteiger partial charge in [-0.25, -0.2) is 0 Å². The van der Waals surface area contributed by atoms with E-state index in [2.05, 4.69) is 10.3 Å². The summed E-state index contributed by atoms with van der Waals surface area (Å²) in [6.45, 7) is 2.48. The van der Waals surface area contributed by atoms with Crippen LogP contribution in [0.5, 0.6) is 0 Å². The van der Waals surface area contributed by atoms with Crippen molar-refractivity contribution in [2.75, 3.05) is 11.9 Å². The van der Waals surface area contributed by atoms with Gasteiger partial charge in [0.05, 0.1) is 11.1 Å². The molecule has 0 aliphatic heterocycles. The van der Waals surface area contributed by atoms with Gasteiger partial charge in [-0.1, -0.05) is 36.4 Å². The minimum atomic E-state index is -4.36. The van der Waals surface area contributed by atoms with E-state index in [-0.39, 0.29) is 0 Å². The molecule has 3 rings (SSSR count). The fraction of sp³-hybridized carbons (Fsp3) is 0.211. The van der Waals surface area contributed by atoms with E-state index in [1.165, 1.54) is 11.6 Å². The Morgan fingerprint density at radius 3 is 2.46 bits per heavy atom. The monoisotopic (exact) mass is 330 g/mol. The lowest BCUT2D eigenvalue weighted by Crippen LogP contribution is -2.07. The van der Waals surface area contributed by atoms with Crippen molar-refractivity contribution in [3.8, 4) is 0 Å². The largest absolute Gasteiger partial charge is 0.416 e. The van der Waals surface area contributed by atoms with Crippen LogP contribution in [0.4, 0.5) is 18.9 Å². The second-order valence-corrected chi connectivity index (χ2v) is 5.70. The number of fused-ring (bicyclic) bond motifs is 1. The molecular weight excluding hydrogens is 313 g/mol. The molecule has 0 atom stereocenters. The molecule has 24 heavy (non-hydrogen) atoms. The van der Waals surface area contributed by atoms with Crippen molar-refractivity contribution in [1.82, 2.24) is 4.98 Å². The molecule has 0 saturated heterocycles. The molecule has 0 unspecified atom stereocenters. The van der Waals surface area contributed by atoms with E-state index in [1.807, 2.05) is 36.4 Å². The van der Waals surface area contributed by atoms with Crippen LogP contribution in [0, 0.1) is 6.92 Å². The van der Waals surface area contributed by atoms with Crippen LogP contribution < -0.4 is 5.32 Å². The van der Waals surface area contributed by atoms with Gasteiger partial charge >= 0.3 is 6.18 Å². The molecule has 1 aromatic heterocycles. The van der Waals surface area contributed by atoms with Gasteiger partial charge < -0.3 is 5.32 Å². The van der Waals surface area contributed by atoms with Crippen LogP contribution in [0.15, 0.2) is 54.6 Å². The molecule has 124 valence electrons. The highest BCUT2D eigenvalue weighted by Crippen LogP contribution is 2.33. The third-order valence-corrected chi connectivity index (χ3v) is 3.84. The first-order valence-corrected chi connectivity index (χ1v) is 7.70. The number of anilines is 1. The van der Waals surface area contributed by atoms with Gasteiger partial charge in [-0.3, -0.25) is 4.98 Å². The number of pyridine rings is 1. The van der Waals surface area contributed by atoms with Crippen molar-refractivity contribution >= 4 is 16.6 Å². The smallest absolute Gasteiger partial charge is 0.384 e. The molecule has 0 amide bonds. The van der Waals surface area contributed by atoms with Crippen LogP contribution in [0.1, 0.15) is 16.8 Å². The minimum Gasteiger partial charge on any atom is -0.384 e. The molecule has 0 saturated carbocycles. The molecule has 3 aromatic rings. The van der Waals surface area contributed by atoms with E-state index >= 15 is 0 Å². The van der Waals surface area contributed by atoms with Gasteiger partial charge in [-0.15, -0.1) is 0 Å². The van der Waals surface area contributed by atoms with Crippen LogP contribution in [0.3, 0.4) is 0 Å². The Kier molecular flexibility index (Phi) is 4.42. The molecule has 2 nitrogen and oxygen atoms in total. The molecular formula is C19H17F3N2. The van der Waals surface area contributed by atoms with Crippen molar-refractivity contribution < 1.29 is 13.2 Å². The molecule has 0 aliphatic rings. The van der Waals surface area contributed by atoms with Gasteiger partial charge in [-0.2, -0.15) is 13.2 Å². The number of alkyl halides is 3. The Morgan fingerprint density at radius 1 is 1.00 bits per heavy atom. The highest BCUT2D eigenvalue weighted by Gasteiger charge is 2.30. The van der Waals surface area contributed by atoms with Crippen LogP contribution in [-0.2, 0) is 12.6 Å². The van der Waals surface area contributed by atoms with Crippen molar-refractivity contribution in [2.24, 2.45) is 0 Å². The SMILES string of the molecule is Cc1cc(NCCc2ccccc2)c2ccc(C(F)(F)F)cc2n1. The van der Waals surface area contributed by atoms with E-state index in [9.17, 15) is 13.2 Å². The molecule has 1 heterocycles. The lowest BCUT2D eigenvalue weighted by atomic mass is 10.1. The Balaban J connectivity index is 1.85. The minimum absolute atomic E-state index is 0.354. The Labute approximate surface area is 138 Å². The molecule has 0 spiro atoms. The van der Waals surface area contributed by atoms with Gasteiger partial charge in [0.15, 0.2) is 0 Å². The number of nitrogens with zero attached hydrogens (tertiary/aromatic N) is 1. The highest BCUT2D eigenvalue weighted by atomic mass is 19.4. The molecule has 0 fully saturated rings. The normalized spacial score (nSPS) is 11.7. The summed E-state index contributed by atoms with van der Waals surface area (Å²) < 4.78 is 38.6. The number of nitrogens with one attached hydrogen (secondary N) is 1. The lowest BCUT2D eigenvalue weighted by molar-refractivity contribution is -0.137. The third-order valence-electron chi connectivity index (χ3n) is 3.84. The van der Waals surface area contributed by atoms with E-state index in [4.69, 9.17) is 0 Å². The van der Waals surface area contributed by atoms with Crippen LogP contribution >= 0.6 is 0 Å². The fourth-order valence-corrected chi connectivity index (χ4v) is 2.67. The average molecular weight is 330 g/mol. The van der Waals surface area contributed by atoms with Crippen LogP contribution in [0.25, 0.3) is 10.9 Å². The number of aryl methyl sites for hydroxylation is 1. The summed E-state index contributed by atoms with van der Waals surface area (Å²) in [5.41, 5.74) is 2.38. The van der Waals surface area contributed by atoms with Crippen molar-refractivity contribution in [3.63, 3.8) is 0 Å². The Bertz CT molecular complexity index is 842. The summed E-state index contributed by atoms with van der Waals surface area (Å²) in [7, 11) is 0. The predicted octanol–water partition coefficient (Wildman–Crippen LogP) is 5.22. The molecule has 0 radical (unpaired) electrons. The Morgan fingerprint density at radius 2 is 1.75 bits per heavy atom. The topological polar surface area (TPSA) is 24.9 Å². The third kappa shape index (κ3) is 3.67. The first-order valence-electron chi connectivity index (χ1n) is 7.70. The second kappa shape index (κ2) is 6.51. The summed E-state index contributed by atoms with van der Waals surface area (Å²) in [6.07, 6.45) is -3.52. The van der Waals surface area contributed by atoms with Crippen LogP contribution in [0.2, 0.25) is 0 Å². The zero-order chi connectivity index (χ0) is 17.2. The van der Waals surface area contributed by atoms with E-state index < -0.39 is 11.7 Å². The predicted molar refractivity (Wildman–Crippen MR) is 90.1 cm³/mol. The molecule has 0 aliphatic carbocycles. The number of hydrogen-bond acceptors (Lipinski definition) is 2. The molecule has 2 aromatic carbocycles. The standard InChI is InChI=1S/C19H17F3N2/c1-13-11-17(23-10-9-14-5-3-2-4-6-14)16-8-7-15(19(20,21)22)12-18(16)24-13/h2-8,11-12H,9-10H2,1H3,(H,23,24). The number of halogens is 3. The van der Waals surface area contributed by atoms with Crippen molar-refractivity contribution in [2.45, 2.75) is 19.5 Å². The maximum Gasteiger partial charge on any atom is 0.416 e. The van der Waals surface area contributed by atoms with Crippen LogP contribution in [-0.4, -0.2) is 11.5 Å². The van der Waals surface area contributed by atoms with Gasteiger partial charge in [0.2, 0.25) is 0 Å². The summed E-state index contributed by atoms with van der Waals surface area (Å²) in [5, 5.41) is 4.01. The summed E-state index contributed by atoms with van der Waals surface area (Å²) in [5.74, 6) is 0.